The van der Waals surface area contributed by atoms with Crippen LogP contribution in [-0.4, -0.2) is 41.9 Å². The zero-order valence-corrected chi connectivity index (χ0v) is 14.2. The molecule has 24 heavy (non-hydrogen) atoms. The predicted molar refractivity (Wildman–Crippen MR) is 95.7 cm³/mol. The number of hydrogen-bond donors (Lipinski definition) is 1. The standard InChI is InChI=1S/C18H25N5O/c1-24-16-8-6-15(7-9-16)10-11-19-18-21-17(14-20-22-18)23-12-4-2-3-5-13-23/h6-9,14H,2-5,10-13H2,1H3,(H,19,21,22). The fraction of sp³-hybridized carbons (Fsp3) is 0.500. The molecule has 1 aliphatic rings. The summed E-state index contributed by atoms with van der Waals surface area (Å²) >= 11 is 0. The number of hydrogen-bond acceptors (Lipinski definition) is 6. The molecule has 3 rings (SSSR count). The summed E-state index contributed by atoms with van der Waals surface area (Å²) in [5, 5.41) is 11.5. The highest BCUT2D eigenvalue weighted by atomic mass is 16.5. The number of aromatic nitrogens is 3. The Morgan fingerprint density at radius 3 is 2.54 bits per heavy atom. The summed E-state index contributed by atoms with van der Waals surface area (Å²) in [5.41, 5.74) is 1.25. The van der Waals surface area contributed by atoms with Crippen LogP contribution >= 0.6 is 0 Å². The van der Waals surface area contributed by atoms with Gasteiger partial charge in [0.15, 0.2) is 5.82 Å². The third-order valence-corrected chi connectivity index (χ3v) is 4.33. The average molecular weight is 327 g/mol. The van der Waals surface area contributed by atoms with Crippen molar-refractivity contribution in [3.8, 4) is 5.75 Å². The van der Waals surface area contributed by atoms with Gasteiger partial charge in [0.1, 0.15) is 5.75 Å². The molecule has 2 heterocycles. The molecular weight excluding hydrogens is 302 g/mol. The zero-order valence-electron chi connectivity index (χ0n) is 14.2. The quantitative estimate of drug-likeness (QED) is 0.880. The molecule has 6 nitrogen and oxygen atoms in total. The Morgan fingerprint density at radius 1 is 1.08 bits per heavy atom. The maximum atomic E-state index is 5.17. The average Bonchev–Trinajstić information content (AvgIpc) is 2.92. The van der Waals surface area contributed by atoms with Gasteiger partial charge in [0.05, 0.1) is 13.3 Å². The summed E-state index contributed by atoms with van der Waals surface area (Å²) < 4.78 is 5.17. The van der Waals surface area contributed by atoms with Gasteiger partial charge in [-0.05, 0) is 37.0 Å². The van der Waals surface area contributed by atoms with E-state index in [9.17, 15) is 0 Å². The molecule has 128 valence electrons. The van der Waals surface area contributed by atoms with Crippen molar-refractivity contribution >= 4 is 11.8 Å². The first-order chi connectivity index (χ1) is 11.8. The molecule has 1 aromatic heterocycles. The Hall–Kier alpha value is -2.37. The first-order valence-corrected chi connectivity index (χ1v) is 8.66. The largest absolute Gasteiger partial charge is 0.497 e. The van der Waals surface area contributed by atoms with Crippen LogP contribution in [0.25, 0.3) is 0 Å². The van der Waals surface area contributed by atoms with Gasteiger partial charge >= 0.3 is 0 Å². The van der Waals surface area contributed by atoms with E-state index in [-0.39, 0.29) is 0 Å². The molecule has 2 aromatic rings. The van der Waals surface area contributed by atoms with Crippen molar-refractivity contribution in [2.45, 2.75) is 32.1 Å². The number of nitrogens with one attached hydrogen (secondary N) is 1. The molecule has 0 amide bonds. The van der Waals surface area contributed by atoms with Gasteiger partial charge in [0, 0.05) is 19.6 Å². The van der Waals surface area contributed by atoms with Crippen LogP contribution in [0.4, 0.5) is 11.8 Å². The summed E-state index contributed by atoms with van der Waals surface area (Å²) in [7, 11) is 1.68. The van der Waals surface area contributed by atoms with Gasteiger partial charge in [-0.15, -0.1) is 5.10 Å². The molecule has 0 radical (unpaired) electrons. The summed E-state index contributed by atoms with van der Waals surface area (Å²) in [6, 6.07) is 8.11. The van der Waals surface area contributed by atoms with Crippen LogP contribution in [0, 0.1) is 0 Å². The maximum Gasteiger partial charge on any atom is 0.244 e. The van der Waals surface area contributed by atoms with Crippen LogP contribution in [0.3, 0.4) is 0 Å². The van der Waals surface area contributed by atoms with Gasteiger partial charge in [-0.2, -0.15) is 10.1 Å². The Kier molecular flexibility index (Phi) is 5.82. The van der Waals surface area contributed by atoms with Gasteiger partial charge in [0.2, 0.25) is 5.95 Å². The molecule has 0 saturated carbocycles. The van der Waals surface area contributed by atoms with E-state index in [1.54, 1.807) is 13.3 Å². The minimum atomic E-state index is 0.602. The van der Waals surface area contributed by atoms with E-state index < -0.39 is 0 Å². The number of nitrogens with zero attached hydrogens (tertiary/aromatic N) is 4. The lowest BCUT2D eigenvalue weighted by atomic mass is 10.1. The molecule has 0 bridgehead atoms. The Labute approximate surface area is 143 Å². The van der Waals surface area contributed by atoms with E-state index in [1.807, 2.05) is 12.1 Å². The third kappa shape index (κ3) is 4.57. The van der Waals surface area contributed by atoms with Gasteiger partial charge < -0.3 is 15.0 Å². The lowest BCUT2D eigenvalue weighted by Crippen LogP contribution is -2.25. The molecule has 1 saturated heterocycles. The van der Waals surface area contributed by atoms with Crippen LogP contribution in [0.15, 0.2) is 30.5 Å². The predicted octanol–water partition coefficient (Wildman–Crippen LogP) is 2.92. The first kappa shape index (κ1) is 16.5. The minimum absolute atomic E-state index is 0.602. The lowest BCUT2D eigenvalue weighted by Gasteiger charge is -2.20. The third-order valence-electron chi connectivity index (χ3n) is 4.33. The molecule has 0 spiro atoms. The molecule has 0 unspecified atom stereocenters. The van der Waals surface area contributed by atoms with Gasteiger partial charge in [-0.1, -0.05) is 25.0 Å². The first-order valence-electron chi connectivity index (χ1n) is 8.66. The maximum absolute atomic E-state index is 5.17. The van der Waals surface area contributed by atoms with Crippen molar-refractivity contribution in [2.24, 2.45) is 0 Å². The lowest BCUT2D eigenvalue weighted by molar-refractivity contribution is 0.414. The SMILES string of the molecule is COc1ccc(CCNc2nncc(N3CCCCCC3)n2)cc1. The van der Waals surface area contributed by atoms with Crippen LogP contribution in [0.5, 0.6) is 5.75 Å². The van der Waals surface area contributed by atoms with Crippen LogP contribution in [0.1, 0.15) is 31.2 Å². The van der Waals surface area contributed by atoms with Gasteiger partial charge in [-0.25, -0.2) is 0 Å². The van der Waals surface area contributed by atoms with E-state index in [2.05, 4.69) is 37.5 Å². The Morgan fingerprint density at radius 2 is 1.83 bits per heavy atom. The molecule has 0 aliphatic carbocycles. The number of rotatable bonds is 6. The molecule has 1 fully saturated rings. The van der Waals surface area contributed by atoms with Crippen molar-refractivity contribution in [2.75, 3.05) is 37.0 Å². The number of ether oxygens (including phenoxy) is 1. The summed E-state index contributed by atoms with van der Waals surface area (Å²) in [4.78, 5) is 6.93. The van der Waals surface area contributed by atoms with E-state index in [4.69, 9.17) is 4.74 Å². The smallest absolute Gasteiger partial charge is 0.244 e. The fourth-order valence-corrected chi connectivity index (χ4v) is 2.93. The highest BCUT2D eigenvalue weighted by molar-refractivity contribution is 5.40. The molecule has 1 aliphatic heterocycles. The summed E-state index contributed by atoms with van der Waals surface area (Å²) in [6.07, 6.45) is 7.74. The fourth-order valence-electron chi connectivity index (χ4n) is 2.93. The Balaban J connectivity index is 1.54. The Bertz CT molecular complexity index is 624. The van der Waals surface area contributed by atoms with Crippen LogP contribution in [-0.2, 0) is 6.42 Å². The van der Waals surface area contributed by atoms with E-state index in [0.29, 0.717) is 5.95 Å². The minimum Gasteiger partial charge on any atom is -0.497 e. The number of methoxy groups -OCH3 is 1. The molecule has 1 aromatic carbocycles. The molecular formula is C18H25N5O. The molecule has 6 heteroatoms. The van der Waals surface area contributed by atoms with Crippen LogP contribution in [0.2, 0.25) is 0 Å². The van der Waals surface area contributed by atoms with E-state index in [0.717, 1.165) is 37.6 Å². The zero-order chi connectivity index (χ0) is 16.6. The molecule has 1 N–H and O–H groups in total. The number of benzene rings is 1. The van der Waals surface area contributed by atoms with E-state index >= 15 is 0 Å². The highest BCUT2D eigenvalue weighted by Gasteiger charge is 2.12. The second-order valence-corrected chi connectivity index (χ2v) is 6.06. The van der Waals surface area contributed by atoms with Crippen molar-refractivity contribution in [1.29, 1.82) is 0 Å². The van der Waals surface area contributed by atoms with Crippen molar-refractivity contribution in [1.82, 2.24) is 15.2 Å². The summed E-state index contributed by atoms with van der Waals surface area (Å²) in [5.74, 6) is 2.41. The van der Waals surface area contributed by atoms with Gasteiger partial charge in [-0.3, -0.25) is 0 Å². The number of anilines is 2. The van der Waals surface area contributed by atoms with Crippen LogP contribution < -0.4 is 15.0 Å². The summed E-state index contributed by atoms with van der Waals surface area (Å²) in [6.45, 7) is 2.89. The second-order valence-electron chi connectivity index (χ2n) is 6.06. The van der Waals surface area contributed by atoms with Crippen molar-refractivity contribution < 1.29 is 4.74 Å². The second kappa shape index (κ2) is 8.47. The topological polar surface area (TPSA) is 63.2 Å². The highest BCUT2D eigenvalue weighted by Crippen LogP contribution is 2.17. The van der Waals surface area contributed by atoms with Crippen molar-refractivity contribution in [3.05, 3.63) is 36.0 Å². The van der Waals surface area contributed by atoms with E-state index in [1.165, 1.54) is 31.2 Å². The monoisotopic (exact) mass is 327 g/mol. The van der Waals surface area contributed by atoms with Gasteiger partial charge in [0.25, 0.3) is 0 Å². The molecule has 0 atom stereocenters. The normalized spacial score (nSPS) is 15.0. The van der Waals surface area contributed by atoms with Crippen molar-refractivity contribution in [3.63, 3.8) is 0 Å².